The van der Waals surface area contributed by atoms with Crippen molar-refractivity contribution in [3.8, 4) is 0 Å². The average Bonchev–Trinajstić information content (AvgIpc) is 2.89. The van der Waals surface area contributed by atoms with Crippen LogP contribution in [0.25, 0.3) is 0 Å². The Hall–Kier alpha value is -2.46. The lowest BCUT2D eigenvalue weighted by Crippen LogP contribution is -2.26. The molecule has 0 saturated heterocycles. The maximum Gasteiger partial charge on any atom is 0.0846 e. The fourth-order valence-electron chi connectivity index (χ4n) is 5.38. The summed E-state index contributed by atoms with van der Waals surface area (Å²) in [5.41, 5.74) is 5.75. The summed E-state index contributed by atoms with van der Waals surface area (Å²) >= 11 is 0. The van der Waals surface area contributed by atoms with Gasteiger partial charge in [0.2, 0.25) is 0 Å². The summed E-state index contributed by atoms with van der Waals surface area (Å²) < 4.78 is 0. The molecule has 0 bridgehead atoms. The summed E-state index contributed by atoms with van der Waals surface area (Å²) in [6, 6.07) is 24.3. The number of hydrogen-bond acceptors (Lipinski definition) is 3. The van der Waals surface area contributed by atoms with E-state index in [1.165, 1.54) is 5.56 Å². The molecular weight excluding hydrogens is 492 g/mol. The lowest BCUT2D eigenvalue weighted by molar-refractivity contribution is -0.0159. The van der Waals surface area contributed by atoms with Crippen molar-refractivity contribution in [1.29, 1.82) is 0 Å². The van der Waals surface area contributed by atoms with Crippen LogP contribution >= 0.6 is 0 Å². The van der Waals surface area contributed by atoms with Crippen LogP contribution in [0, 0.1) is 11.8 Å². The summed E-state index contributed by atoms with van der Waals surface area (Å²) in [5.74, 6) is -0.706. The predicted octanol–water partition coefficient (Wildman–Crippen LogP) is 8.72. The topological polar surface area (TPSA) is 60.7 Å². The first-order valence-electron chi connectivity index (χ1n) is 14.7. The first-order valence-corrected chi connectivity index (χ1v) is 14.7. The van der Waals surface area contributed by atoms with Crippen molar-refractivity contribution < 1.29 is 15.3 Å². The van der Waals surface area contributed by atoms with Crippen molar-refractivity contribution in [2.24, 2.45) is 11.8 Å². The first-order chi connectivity index (χ1) is 18.4. The highest BCUT2D eigenvalue weighted by molar-refractivity contribution is 5.34. The Morgan fingerprint density at radius 1 is 0.500 bits per heavy atom. The van der Waals surface area contributed by atoms with Gasteiger partial charge in [-0.3, -0.25) is 0 Å². The van der Waals surface area contributed by atoms with Crippen LogP contribution in [-0.2, 0) is 16.2 Å². The molecule has 3 heteroatoms. The van der Waals surface area contributed by atoms with E-state index in [-0.39, 0.29) is 22.2 Å². The maximum atomic E-state index is 11.8. The van der Waals surface area contributed by atoms with Crippen LogP contribution in [0.15, 0.2) is 72.8 Å². The molecular formula is C37H52O3. The molecule has 4 atom stereocenters. The van der Waals surface area contributed by atoms with Crippen molar-refractivity contribution in [2.75, 3.05) is 0 Å². The molecule has 0 spiro atoms. The molecule has 0 heterocycles. The van der Waals surface area contributed by atoms with E-state index in [0.717, 1.165) is 27.8 Å². The van der Waals surface area contributed by atoms with Crippen molar-refractivity contribution >= 4 is 0 Å². The Morgan fingerprint density at radius 2 is 0.800 bits per heavy atom. The summed E-state index contributed by atoms with van der Waals surface area (Å²) in [5, 5.41) is 35.2. The monoisotopic (exact) mass is 544 g/mol. The van der Waals surface area contributed by atoms with E-state index >= 15 is 0 Å². The molecule has 0 aliphatic carbocycles. The quantitative estimate of drug-likeness (QED) is 0.266. The standard InChI is InChI=1S/C37H52O3/c1-24(32(38)25-14-11-17-28(21-25)35(2,3)4)20-31(33(39)26-15-12-18-29(22-26)36(5,6)7)34(40)27-16-13-19-30(23-27)37(8,9)10/h11-19,21-24,31-34,38-40H,20H2,1-10H3. The highest BCUT2D eigenvalue weighted by Crippen LogP contribution is 2.42. The van der Waals surface area contributed by atoms with Gasteiger partial charge in [0, 0.05) is 5.92 Å². The largest absolute Gasteiger partial charge is 0.388 e. The maximum absolute atomic E-state index is 11.8. The van der Waals surface area contributed by atoms with Crippen LogP contribution in [0.2, 0.25) is 0 Å². The van der Waals surface area contributed by atoms with Gasteiger partial charge in [0.15, 0.2) is 0 Å². The predicted molar refractivity (Wildman–Crippen MR) is 168 cm³/mol. The highest BCUT2D eigenvalue weighted by Gasteiger charge is 2.34. The minimum atomic E-state index is -0.897. The highest BCUT2D eigenvalue weighted by atomic mass is 16.3. The van der Waals surface area contributed by atoms with Crippen LogP contribution in [-0.4, -0.2) is 15.3 Å². The van der Waals surface area contributed by atoms with Gasteiger partial charge in [-0.15, -0.1) is 0 Å². The Bertz CT molecular complexity index is 1190. The van der Waals surface area contributed by atoms with Crippen molar-refractivity contribution in [3.05, 3.63) is 106 Å². The Balaban J connectivity index is 2.00. The zero-order valence-electron chi connectivity index (χ0n) is 26.4. The van der Waals surface area contributed by atoms with E-state index in [4.69, 9.17) is 0 Å². The van der Waals surface area contributed by atoms with Crippen LogP contribution in [0.1, 0.15) is 127 Å². The molecule has 3 nitrogen and oxygen atoms in total. The van der Waals surface area contributed by atoms with E-state index in [2.05, 4.69) is 98.7 Å². The number of aliphatic hydroxyl groups excluding tert-OH is 3. The van der Waals surface area contributed by atoms with Crippen LogP contribution in [0.3, 0.4) is 0 Å². The number of aliphatic hydroxyl groups is 3. The molecule has 3 aromatic carbocycles. The SMILES string of the molecule is CC(CC(C(O)c1cccc(C(C)(C)C)c1)C(O)c1cccc(C(C)(C)C)c1)C(O)c1cccc(C(C)(C)C)c1. The van der Waals surface area contributed by atoms with E-state index in [1.807, 2.05) is 43.3 Å². The van der Waals surface area contributed by atoms with Crippen LogP contribution in [0.5, 0.6) is 0 Å². The van der Waals surface area contributed by atoms with Gasteiger partial charge in [0.05, 0.1) is 18.3 Å². The normalized spacial score (nSPS) is 16.7. The Kier molecular flexibility index (Phi) is 9.77. The molecule has 0 amide bonds. The molecule has 4 unspecified atom stereocenters. The van der Waals surface area contributed by atoms with Crippen molar-refractivity contribution in [3.63, 3.8) is 0 Å². The molecule has 40 heavy (non-hydrogen) atoms. The smallest absolute Gasteiger partial charge is 0.0846 e. The zero-order valence-corrected chi connectivity index (χ0v) is 26.4. The van der Waals surface area contributed by atoms with Gasteiger partial charge in [-0.25, -0.2) is 0 Å². The molecule has 0 aromatic heterocycles. The fourth-order valence-corrected chi connectivity index (χ4v) is 5.38. The molecule has 218 valence electrons. The second kappa shape index (κ2) is 12.2. The minimum Gasteiger partial charge on any atom is -0.388 e. The molecule has 3 rings (SSSR count). The van der Waals surface area contributed by atoms with E-state index in [0.29, 0.717) is 6.42 Å². The average molecular weight is 545 g/mol. The lowest BCUT2D eigenvalue weighted by Gasteiger charge is -2.33. The molecule has 3 aromatic rings. The Labute approximate surface area is 243 Å². The number of benzene rings is 3. The molecule has 3 N–H and O–H groups in total. The van der Waals surface area contributed by atoms with Gasteiger partial charge in [-0.1, -0.05) is 142 Å². The van der Waals surface area contributed by atoms with Gasteiger partial charge in [-0.2, -0.15) is 0 Å². The molecule has 0 fully saturated rings. The number of rotatable bonds is 8. The minimum absolute atomic E-state index is 0.0238. The van der Waals surface area contributed by atoms with Gasteiger partial charge < -0.3 is 15.3 Å². The molecule has 0 aliphatic rings. The van der Waals surface area contributed by atoms with Crippen molar-refractivity contribution in [2.45, 2.75) is 110 Å². The zero-order chi connectivity index (χ0) is 30.0. The third kappa shape index (κ3) is 7.84. The van der Waals surface area contributed by atoms with E-state index < -0.39 is 24.2 Å². The van der Waals surface area contributed by atoms with Gasteiger partial charge in [0.1, 0.15) is 0 Å². The lowest BCUT2D eigenvalue weighted by atomic mass is 9.77. The second-order valence-corrected chi connectivity index (χ2v) is 14.8. The van der Waals surface area contributed by atoms with Crippen LogP contribution < -0.4 is 0 Å². The summed E-state index contributed by atoms with van der Waals surface area (Å²) in [6.45, 7) is 21.5. The Morgan fingerprint density at radius 3 is 1.10 bits per heavy atom. The second-order valence-electron chi connectivity index (χ2n) is 14.8. The summed E-state index contributed by atoms with van der Waals surface area (Å²) in [4.78, 5) is 0. The van der Waals surface area contributed by atoms with E-state index in [9.17, 15) is 15.3 Å². The third-order valence-electron chi connectivity index (χ3n) is 8.28. The van der Waals surface area contributed by atoms with E-state index in [1.54, 1.807) is 0 Å². The van der Waals surface area contributed by atoms with Gasteiger partial charge in [0.25, 0.3) is 0 Å². The van der Waals surface area contributed by atoms with Gasteiger partial charge >= 0.3 is 0 Å². The van der Waals surface area contributed by atoms with Crippen LogP contribution in [0.4, 0.5) is 0 Å². The van der Waals surface area contributed by atoms with Crippen molar-refractivity contribution in [1.82, 2.24) is 0 Å². The first kappa shape index (κ1) is 32.1. The fraction of sp³-hybridized carbons (Fsp3) is 0.514. The van der Waals surface area contributed by atoms with Gasteiger partial charge in [-0.05, 0) is 62.0 Å². The summed E-state index contributed by atoms with van der Waals surface area (Å²) in [7, 11) is 0. The molecule has 0 radical (unpaired) electrons. The molecule has 0 aliphatic heterocycles. The summed E-state index contributed by atoms with van der Waals surface area (Å²) in [6.07, 6.45) is -2.06. The number of hydrogen-bond donors (Lipinski definition) is 3. The third-order valence-corrected chi connectivity index (χ3v) is 8.28. The molecule has 0 saturated carbocycles.